The number of carboxylic acids is 1. The van der Waals surface area contributed by atoms with Gasteiger partial charge in [0, 0.05) is 112 Å². The number of rotatable bonds is 18. The molecule has 9 rings (SSSR count). The van der Waals surface area contributed by atoms with E-state index in [1.54, 1.807) is 42.6 Å². The Hall–Kier alpha value is -11.1. The van der Waals surface area contributed by atoms with Crippen molar-refractivity contribution in [3.63, 3.8) is 0 Å². The SMILES string of the molecule is C[C@@H](O)[C@@H]1NC(=O)[C@H]([C@@H](C)O)NC(=O)[C@H](Cc2cnc[nH]2)N(C)C(=O)[C@H](Cc2ccc(O)c(F)c2)NC(=O)[C@H](CCS(C)(=O)=O)NC(=O)[C@@H]2CCCN2C(=O)[C@H](CO)NC(=O)C[C@@H](C(=O)N2CCC[C@H]2C(=O)O)NC(=O)[C@H](Cc2ccc(Cl)cc2)N(C)C(=O)[C@H](Cc2ccc(Cl)cc2)N(C)C(=O)[C@H](Cc2c[nH]c3ccccc23)NC1=O. The first-order valence-electron chi connectivity index (χ1n) is 37.3. The monoisotopic (exact) mass is 1670 g/mol. The molecule has 0 saturated carbocycles. The van der Waals surface area contributed by atoms with Crippen molar-refractivity contribution >= 4 is 121 Å². The molecule has 4 aromatic carbocycles. The number of amides is 12. The van der Waals surface area contributed by atoms with Crippen LogP contribution in [0.4, 0.5) is 4.39 Å². The van der Waals surface area contributed by atoms with Crippen LogP contribution in [0.25, 0.3) is 10.9 Å². The van der Waals surface area contributed by atoms with Gasteiger partial charge in [0.2, 0.25) is 70.9 Å². The minimum atomic E-state index is -4.00. The molecular formula is C77H94Cl2FN15O20S. The van der Waals surface area contributed by atoms with Gasteiger partial charge in [0.1, 0.15) is 82.3 Å². The highest BCUT2D eigenvalue weighted by molar-refractivity contribution is 7.90. The van der Waals surface area contributed by atoms with Crippen molar-refractivity contribution < 1.29 is 101 Å². The number of aromatic nitrogens is 3. The van der Waals surface area contributed by atoms with Gasteiger partial charge in [-0.05, 0) is 111 Å². The number of aromatic amines is 2. The number of imidazole rings is 1. The largest absolute Gasteiger partial charge is 0.505 e. The highest BCUT2D eigenvalue weighted by atomic mass is 35.5. The molecule has 0 spiro atoms. The van der Waals surface area contributed by atoms with E-state index in [9.17, 15) is 67.5 Å². The Kier molecular flexibility index (Phi) is 30.2. The fourth-order valence-electron chi connectivity index (χ4n) is 14.3. The molecule has 2 aromatic heterocycles. The van der Waals surface area contributed by atoms with Crippen LogP contribution in [-0.4, -0.2) is 288 Å². The third-order valence-corrected chi connectivity index (χ3v) is 22.3. The molecule has 116 heavy (non-hydrogen) atoms. The zero-order chi connectivity index (χ0) is 84.7. The van der Waals surface area contributed by atoms with E-state index in [0.29, 0.717) is 27.6 Å². The molecule has 3 saturated heterocycles. The second-order valence-corrected chi connectivity index (χ2v) is 32.4. The summed E-state index contributed by atoms with van der Waals surface area (Å²) in [7, 11) is -0.455. The summed E-state index contributed by atoms with van der Waals surface area (Å²) in [5, 5.41) is 72.8. The van der Waals surface area contributed by atoms with E-state index in [0.717, 1.165) is 63.8 Å². The maximum absolute atomic E-state index is 16.0. The number of aliphatic hydroxyl groups excluding tert-OH is 3. The van der Waals surface area contributed by atoms with Gasteiger partial charge < -0.3 is 97.2 Å². The molecule has 39 heteroatoms. The maximum atomic E-state index is 16.0. The topological polar surface area (TPSA) is 502 Å². The first-order chi connectivity index (χ1) is 54.9. The van der Waals surface area contributed by atoms with Crippen LogP contribution in [0.3, 0.4) is 0 Å². The van der Waals surface area contributed by atoms with Crippen molar-refractivity contribution in [2.24, 2.45) is 0 Å². The van der Waals surface area contributed by atoms with E-state index in [1.807, 2.05) is 0 Å². The fraction of sp³-hybridized carbons (Fsp3) is 0.455. The summed E-state index contributed by atoms with van der Waals surface area (Å²) in [6, 6.07) is 0.147. The predicted molar refractivity (Wildman–Crippen MR) is 416 cm³/mol. The number of phenolic OH excluding ortho intramolecular Hbond substituents is 1. The molecular weight excluding hydrogens is 1580 g/mol. The number of aliphatic carboxylic acids is 1. The number of nitrogens with one attached hydrogen (secondary N) is 9. The third kappa shape index (κ3) is 22.7. The molecule has 3 aliphatic heterocycles. The van der Waals surface area contributed by atoms with Crippen LogP contribution in [0, 0.1) is 5.82 Å². The number of nitrogens with zero attached hydrogens (tertiary/aromatic N) is 6. The number of fused-ring (bicyclic) bond motifs is 2. The van der Waals surface area contributed by atoms with Gasteiger partial charge in [-0.3, -0.25) is 57.5 Å². The number of aromatic hydroxyl groups is 1. The molecule has 0 radical (unpaired) electrons. The number of carbonyl (C=O) groups excluding carboxylic acids is 12. The van der Waals surface area contributed by atoms with Crippen molar-refractivity contribution in [1.82, 2.24) is 76.7 Å². The number of carbonyl (C=O) groups is 13. The number of aliphatic hydroxyl groups is 3. The van der Waals surface area contributed by atoms with Crippen molar-refractivity contribution in [3.05, 3.63) is 154 Å². The Balaban J connectivity index is 1.17. The molecule has 0 aliphatic carbocycles. The van der Waals surface area contributed by atoms with Crippen LogP contribution in [0.15, 0.2) is 110 Å². The van der Waals surface area contributed by atoms with Gasteiger partial charge in [-0.2, -0.15) is 0 Å². The van der Waals surface area contributed by atoms with E-state index in [1.165, 1.54) is 69.1 Å². The highest BCUT2D eigenvalue weighted by Gasteiger charge is 2.46. The lowest BCUT2D eigenvalue weighted by Crippen LogP contribution is -2.64. The summed E-state index contributed by atoms with van der Waals surface area (Å²) in [6.45, 7) is 0.591. The van der Waals surface area contributed by atoms with E-state index < -0.39 is 227 Å². The van der Waals surface area contributed by atoms with Gasteiger partial charge in [-0.1, -0.05) is 71.7 Å². The first kappa shape index (κ1) is 88.8. The zero-order valence-corrected chi connectivity index (χ0v) is 66.5. The number of sulfone groups is 1. The third-order valence-electron chi connectivity index (χ3n) is 20.8. The number of hydrogen-bond donors (Lipinski definition) is 14. The van der Waals surface area contributed by atoms with Crippen LogP contribution < -0.4 is 37.2 Å². The summed E-state index contributed by atoms with van der Waals surface area (Å²) in [5.74, 6) is -18.0. The van der Waals surface area contributed by atoms with Crippen LogP contribution in [0.1, 0.15) is 80.3 Å². The number of phenols is 1. The van der Waals surface area contributed by atoms with Gasteiger partial charge in [0.15, 0.2) is 11.6 Å². The number of likely N-dealkylation sites (tertiary alicyclic amines) is 1. The minimum Gasteiger partial charge on any atom is -0.505 e. The number of hydrogen-bond acceptors (Lipinski definition) is 20. The van der Waals surface area contributed by atoms with Gasteiger partial charge >= 0.3 is 5.97 Å². The Bertz CT molecular complexity index is 4730. The van der Waals surface area contributed by atoms with Crippen molar-refractivity contribution in [3.8, 4) is 5.75 Å². The lowest BCUT2D eigenvalue weighted by Gasteiger charge is -2.37. The zero-order valence-electron chi connectivity index (χ0n) is 64.2. The highest BCUT2D eigenvalue weighted by Crippen LogP contribution is 2.27. The van der Waals surface area contributed by atoms with Crippen LogP contribution in [0.5, 0.6) is 5.75 Å². The van der Waals surface area contributed by atoms with E-state index >= 15 is 33.2 Å². The van der Waals surface area contributed by atoms with Gasteiger partial charge in [0.25, 0.3) is 0 Å². The number of likely N-dealkylation sites (N-methyl/N-ethyl adjacent to an activating group) is 3. The Labute approximate surface area is 676 Å². The van der Waals surface area contributed by atoms with Crippen LogP contribution in [0.2, 0.25) is 10.0 Å². The Morgan fingerprint density at radius 1 is 0.595 bits per heavy atom. The summed E-state index contributed by atoms with van der Waals surface area (Å²) < 4.78 is 40.9. The number of benzene rings is 4. The summed E-state index contributed by atoms with van der Waals surface area (Å²) in [6.07, 6.45) is -2.84. The molecule has 6 aromatic rings. The second kappa shape index (κ2) is 39.5. The van der Waals surface area contributed by atoms with Gasteiger partial charge in [-0.15, -0.1) is 0 Å². The summed E-state index contributed by atoms with van der Waals surface area (Å²) >= 11 is 12.7. The standard InChI is InChI=1S/C77H94Cl2FN15O20S/c1-40(97)64-70(105)88-54(33-45-36-82-51-12-8-7-11-49(45)51)73(108)93(5)61(32-43-17-22-47(79)23-18-43)76(111)92(4)59(31-42-15-20-46(78)21-16-42)68(103)87-55(74(109)95-27-10-14-58(95)77(112)113)35-63(100)84-56(38-96)75(110)94-26-9-13-57(94)67(102)85-52(25-28-116(6,114)115)66(101)86-53(30-44-19-24-62(99)50(80)29-44)72(107)91(3)60(34-48-37-81-39-83-48)69(104)89-65(41(2)98)71(106)90-64/h7-8,11-12,15-24,29,36-37,39-41,52-61,64-65,82,96-99H,9-10,13-14,25-28,30-35,38H2,1-6H3,(H,81,83)(H,84,100)(H,85,102)(H,86,101)(H,87,103)(H,88,105)(H,89,104)(H,90,106)(H,112,113)/t40-,41-,52+,53+,54+,55+,56+,57+,58+,59+,60+,61+,64+,65+/m1/s1. The molecule has 624 valence electrons. The van der Waals surface area contributed by atoms with Gasteiger partial charge in [-0.25, -0.2) is 22.6 Å². The molecule has 5 heterocycles. The molecule has 35 nitrogen and oxygen atoms in total. The minimum absolute atomic E-state index is 0.0506. The van der Waals surface area contributed by atoms with Crippen LogP contribution in [-0.2, 0) is 104 Å². The molecule has 14 atom stereocenters. The number of para-hydroxylation sites is 1. The Morgan fingerprint density at radius 3 is 1.73 bits per heavy atom. The lowest BCUT2D eigenvalue weighted by molar-refractivity contribution is -0.151. The molecule has 0 unspecified atom stereocenters. The maximum Gasteiger partial charge on any atom is 0.326 e. The van der Waals surface area contributed by atoms with E-state index in [2.05, 4.69) is 52.2 Å². The summed E-state index contributed by atoms with van der Waals surface area (Å²) in [5.41, 5.74) is 1.88. The smallest absolute Gasteiger partial charge is 0.326 e. The molecule has 12 amide bonds. The van der Waals surface area contributed by atoms with E-state index in [4.69, 9.17) is 23.2 Å². The molecule has 3 fully saturated rings. The summed E-state index contributed by atoms with van der Waals surface area (Å²) in [4.78, 5) is 209. The van der Waals surface area contributed by atoms with Crippen LogP contribution >= 0.6 is 23.2 Å². The predicted octanol–water partition coefficient (Wildman–Crippen LogP) is -0.911. The van der Waals surface area contributed by atoms with E-state index in [-0.39, 0.29) is 72.9 Å². The number of H-pyrrole nitrogens is 2. The average Bonchev–Trinajstić information content (AvgIpc) is 1.43. The Morgan fingerprint density at radius 2 is 1.14 bits per heavy atom. The normalized spacial score (nSPS) is 24.8. The quantitative estimate of drug-likeness (QED) is 0.0495. The molecule has 3 aliphatic rings. The first-order valence-corrected chi connectivity index (χ1v) is 40.1. The average molecular weight is 1670 g/mol. The fourth-order valence-corrected chi connectivity index (χ4v) is 15.2. The molecule has 14 N–H and O–H groups in total. The van der Waals surface area contributed by atoms with Crippen molar-refractivity contribution in [1.29, 1.82) is 0 Å². The lowest BCUT2D eigenvalue weighted by atomic mass is 9.98. The van der Waals surface area contributed by atoms with Crippen molar-refractivity contribution in [2.75, 3.05) is 52.8 Å². The van der Waals surface area contributed by atoms with Gasteiger partial charge in [0.05, 0.1) is 37.3 Å². The van der Waals surface area contributed by atoms with Crippen molar-refractivity contribution in [2.45, 2.75) is 169 Å². The molecule has 0 bridgehead atoms. The number of carboxylic acid groups (broad SMARTS) is 1. The number of halogens is 3. The second-order valence-electron chi connectivity index (χ2n) is 29.2.